The molecule has 7 nitrogen and oxygen atoms in total. The highest BCUT2D eigenvalue weighted by atomic mass is 16.5. The number of amides is 1. The summed E-state index contributed by atoms with van der Waals surface area (Å²) < 4.78 is 7.60. The zero-order chi connectivity index (χ0) is 21.4. The molecule has 0 N–H and O–H groups in total. The third kappa shape index (κ3) is 3.90. The van der Waals surface area contributed by atoms with Crippen molar-refractivity contribution >= 4 is 22.8 Å². The minimum atomic E-state index is 0.0376. The van der Waals surface area contributed by atoms with Gasteiger partial charge in [0.2, 0.25) is 0 Å². The van der Waals surface area contributed by atoms with Crippen molar-refractivity contribution < 1.29 is 9.53 Å². The number of imidazole rings is 1. The van der Waals surface area contributed by atoms with Crippen LogP contribution >= 0.6 is 0 Å². The maximum absolute atomic E-state index is 13.1. The molecule has 2 aliphatic heterocycles. The normalized spacial score (nSPS) is 18.0. The van der Waals surface area contributed by atoms with E-state index in [1.54, 1.807) is 6.20 Å². The maximum atomic E-state index is 13.1. The predicted molar refractivity (Wildman–Crippen MR) is 121 cm³/mol. The SMILES string of the molecule is Cc1ccc(C)c(N2CCN(C(=O)c3cnc4c(c3)ncn4C3CCOCC3)CC2)c1. The van der Waals surface area contributed by atoms with Gasteiger partial charge in [0.25, 0.3) is 5.91 Å². The molecular formula is C24H29N5O2. The van der Waals surface area contributed by atoms with Gasteiger partial charge in [-0.2, -0.15) is 0 Å². The second-order valence-corrected chi connectivity index (χ2v) is 8.63. The lowest BCUT2D eigenvalue weighted by atomic mass is 10.1. The molecule has 2 aromatic heterocycles. The Bertz CT molecular complexity index is 1090. The molecule has 162 valence electrons. The molecule has 2 saturated heterocycles. The van der Waals surface area contributed by atoms with Crippen molar-refractivity contribution in [3.63, 3.8) is 0 Å². The number of hydrogen-bond acceptors (Lipinski definition) is 5. The van der Waals surface area contributed by atoms with Crippen LogP contribution in [0.15, 0.2) is 36.8 Å². The van der Waals surface area contributed by atoms with Crippen molar-refractivity contribution in [1.29, 1.82) is 0 Å². The summed E-state index contributed by atoms with van der Waals surface area (Å²) in [7, 11) is 0. The Morgan fingerprint density at radius 3 is 2.58 bits per heavy atom. The lowest BCUT2D eigenvalue weighted by molar-refractivity contribution is 0.0704. The van der Waals surface area contributed by atoms with Crippen LogP contribution in [0.4, 0.5) is 5.69 Å². The highest BCUT2D eigenvalue weighted by Crippen LogP contribution is 2.26. The van der Waals surface area contributed by atoms with Gasteiger partial charge in [-0.3, -0.25) is 4.79 Å². The largest absolute Gasteiger partial charge is 0.381 e. The lowest BCUT2D eigenvalue weighted by Crippen LogP contribution is -2.49. The summed E-state index contributed by atoms with van der Waals surface area (Å²) in [6.45, 7) is 8.90. The summed E-state index contributed by atoms with van der Waals surface area (Å²) in [6, 6.07) is 8.80. The van der Waals surface area contributed by atoms with Crippen molar-refractivity contribution in [2.45, 2.75) is 32.7 Å². The highest BCUT2D eigenvalue weighted by molar-refractivity contribution is 5.96. The number of rotatable bonds is 3. The average molecular weight is 420 g/mol. The number of ether oxygens (including phenoxy) is 1. The summed E-state index contributed by atoms with van der Waals surface area (Å²) in [5.41, 5.74) is 6.06. The first-order valence-corrected chi connectivity index (χ1v) is 11.1. The standard InChI is InChI=1S/C24H29N5O2/c1-17-3-4-18(2)22(13-17)27-7-9-28(10-8-27)24(30)19-14-21-23(25-15-19)29(16-26-21)20-5-11-31-12-6-20/h3-4,13-16,20H,5-12H2,1-2H3. The number of anilines is 1. The Morgan fingerprint density at radius 1 is 1.03 bits per heavy atom. The Balaban J connectivity index is 1.29. The van der Waals surface area contributed by atoms with E-state index in [4.69, 9.17) is 4.74 Å². The smallest absolute Gasteiger partial charge is 0.255 e. The van der Waals surface area contributed by atoms with Gasteiger partial charge in [-0.25, -0.2) is 9.97 Å². The second kappa shape index (κ2) is 8.30. The number of pyridine rings is 1. The van der Waals surface area contributed by atoms with Crippen LogP contribution in [0.2, 0.25) is 0 Å². The molecule has 0 atom stereocenters. The first-order valence-electron chi connectivity index (χ1n) is 11.1. The molecule has 1 amide bonds. The molecule has 31 heavy (non-hydrogen) atoms. The van der Waals surface area contributed by atoms with Crippen LogP contribution in [-0.2, 0) is 4.74 Å². The van der Waals surface area contributed by atoms with E-state index >= 15 is 0 Å². The van der Waals surface area contributed by atoms with E-state index in [1.165, 1.54) is 16.8 Å². The number of aryl methyl sites for hydroxylation is 2. The van der Waals surface area contributed by atoms with Crippen molar-refractivity contribution in [2.24, 2.45) is 0 Å². The molecule has 0 spiro atoms. The molecule has 7 heteroatoms. The summed E-state index contributed by atoms with van der Waals surface area (Å²) in [5, 5.41) is 0. The number of hydrogen-bond donors (Lipinski definition) is 0. The van der Waals surface area contributed by atoms with Gasteiger partial charge in [-0.15, -0.1) is 0 Å². The Labute approximate surface area is 182 Å². The molecule has 0 saturated carbocycles. The summed E-state index contributed by atoms with van der Waals surface area (Å²) in [6.07, 6.45) is 5.50. The summed E-state index contributed by atoms with van der Waals surface area (Å²) in [5.74, 6) is 0.0376. The molecule has 0 aliphatic carbocycles. The quantitative estimate of drug-likeness (QED) is 0.651. The van der Waals surface area contributed by atoms with Crippen LogP contribution in [0.1, 0.15) is 40.4 Å². The van der Waals surface area contributed by atoms with Crippen molar-refractivity contribution in [3.8, 4) is 0 Å². The van der Waals surface area contributed by atoms with E-state index in [-0.39, 0.29) is 5.91 Å². The fourth-order valence-electron chi connectivity index (χ4n) is 4.66. The summed E-state index contributed by atoms with van der Waals surface area (Å²) >= 11 is 0. The molecule has 2 aliphatic rings. The molecule has 3 aromatic rings. The number of benzene rings is 1. The highest BCUT2D eigenvalue weighted by Gasteiger charge is 2.24. The van der Waals surface area contributed by atoms with Gasteiger partial charge in [-0.05, 0) is 49.9 Å². The van der Waals surface area contributed by atoms with Gasteiger partial charge < -0.3 is 19.1 Å². The number of carbonyl (C=O) groups excluding carboxylic acids is 1. The molecule has 1 aromatic carbocycles. The topological polar surface area (TPSA) is 63.5 Å². The molecule has 5 rings (SSSR count). The third-order valence-electron chi connectivity index (χ3n) is 6.52. The van der Waals surface area contributed by atoms with Crippen LogP contribution in [0.3, 0.4) is 0 Å². The Hall–Kier alpha value is -2.93. The van der Waals surface area contributed by atoms with Gasteiger partial charge in [0.15, 0.2) is 5.65 Å². The fourth-order valence-corrected chi connectivity index (χ4v) is 4.66. The van der Waals surface area contributed by atoms with Crippen molar-refractivity contribution in [1.82, 2.24) is 19.4 Å². The molecule has 0 unspecified atom stereocenters. The average Bonchev–Trinajstić information content (AvgIpc) is 3.24. The molecule has 0 bridgehead atoms. The minimum Gasteiger partial charge on any atom is -0.381 e. The summed E-state index contributed by atoms with van der Waals surface area (Å²) in [4.78, 5) is 26.6. The first-order chi connectivity index (χ1) is 15.1. The van der Waals surface area contributed by atoms with E-state index < -0.39 is 0 Å². The van der Waals surface area contributed by atoms with Crippen LogP contribution in [-0.4, -0.2) is 64.7 Å². The second-order valence-electron chi connectivity index (χ2n) is 8.63. The van der Waals surface area contributed by atoms with E-state index in [2.05, 4.69) is 51.5 Å². The number of nitrogens with zero attached hydrogens (tertiary/aromatic N) is 5. The number of piperazine rings is 1. The van der Waals surface area contributed by atoms with E-state index in [0.717, 1.165) is 50.3 Å². The van der Waals surface area contributed by atoms with Gasteiger partial charge in [0.1, 0.15) is 5.52 Å². The van der Waals surface area contributed by atoms with Crippen LogP contribution in [0, 0.1) is 13.8 Å². The number of aromatic nitrogens is 3. The molecular weight excluding hydrogens is 390 g/mol. The first kappa shape index (κ1) is 20.0. The van der Waals surface area contributed by atoms with Gasteiger partial charge in [0.05, 0.1) is 11.9 Å². The zero-order valence-corrected chi connectivity index (χ0v) is 18.3. The maximum Gasteiger partial charge on any atom is 0.255 e. The Morgan fingerprint density at radius 2 is 1.81 bits per heavy atom. The van der Waals surface area contributed by atoms with E-state index in [9.17, 15) is 4.79 Å². The van der Waals surface area contributed by atoms with Crippen LogP contribution in [0.25, 0.3) is 11.2 Å². The molecule has 2 fully saturated rings. The predicted octanol–water partition coefficient (Wildman–Crippen LogP) is 3.36. The Kier molecular flexibility index (Phi) is 5.36. The van der Waals surface area contributed by atoms with Crippen molar-refractivity contribution in [2.75, 3.05) is 44.3 Å². The van der Waals surface area contributed by atoms with Gasteiger partial charge in [0, 0.05) is 57.3 Å². The zero-order valence-electron chi connectivity index (χ0n) is 18.3. The van der Waals surface area contributed by atoms with Crippen LogP contribution in [0.5, 0.6) is 0 Å². The minimum absolute atomic E-state index is 0.0376. The van der Waals surface area contributed by atoms with Gasteiger partial charge >= 0.3 is 0 Å². The number of carbonyl (C=O) groups is 1. The lowest BCUT2D eigenvalue weighted by Gasteiger charge is -2.37. The van der Waals surface area contributed by atoms with E-state index in [1.807, 2.05) is 17.3 Å². The fraction of sp³-hybridized carbons (Fsp3) is 0.458. The third-order valence-corrected chi connectivity index (χ3v) is 6.52. The molecule has 4 heterocycles. The van der Waals surface area contributed by atoms with E-state index in [0.29, 0.717) is 24.7 Å². The van der Waals surface area contributed by atoms with Crippen LogP contribution < -0.4 is 4.90 Å². The van der Waals surface area contributed by atoms with Gasteiger partial charge in [-0.1, -0.05) is 12.1 Å². The number of fused-ring (bicyclic) bond motifs is 1. The molecule has 0 radical (unpaired) electrons. The van der Waals surface area contributed by atoms with Crippen molar-refractivity contribution in [3.05, 3.63) is 53.5 Å². The monoisotopic (exact) mass is 419 g/mol.